The molecule has 0 aromatic heterocycles. The fourth-order valence-electron chi connectivity index (χ4n) is 6.00. The molecule has 1 heterocycles. The van der Waals surface area contributed by atoms with E-state index in [1.165, 1.54) is 0 Å². The molecule has 1 spiro atoms. The van der Waals surface area contributed by atoms with Crippen LogP contribution in [0.2, 0.25) is 0 Å². The van der Waals surface area contributed by atoms with Crippen molar-refractivity contribution in [2.24, 2.45) is 16.7 Å². The lowest BCUT2D eigenvalue weighted by Gasteiger charge is -2.59. The predicted molar refractivity (Wildman–Crippen MR) is 79.3 cm³/mol. The summed E-state index contributed by atoms with van der Waals surface area (Å²) in [6.07, 6.45) is 4.36. The molecule has 3 aliphatic carbocycles. The van der Waals surface area contributed by atoms with E-state index >= 15 is 0 Å². The van der Waals surface area contributed by atoms with Crippen LogP contribution in [0.5, 0.6) is 0 Å². The van der Waals surface area contributed by atoms with E-state index in [0.29, 0.717) is 14.4 Å². The molecule has 1 saturated heterocycles. The maximum atomic E-state index is 11.4. The second kappa shape index (κ2) is 3.55. The first-order valence-electron chi connectivity index (χ1n) is 7.36. The third-order valence-electron chi connectivity index (χ3n) is 7.31. The summed E-state index contributed by atoms with van der Waals surface area (Å²) in [5.74, 6) is 0.448. The largest absolute Gasteiger partial charge is 0.384 e. The Morgan fingerprint density at radius 2 is 2.00 bits per heavy atom. The minimum Gasteiger partial charge on any atom is -0.384 e. The highest BCUT2D eigenvalue weighted by atomic mass is 32.0. The second-order valence-corrected chi connectivity index (χ2v) is 8.84. The summed E-state index contributed by atoms with van der Waals surface area (Å²) in [6, 6.07) is 0. The normalized spacial score (nSPS) is 61.4. The van der Waals surface area contributed by atoms with E-state index < -0.39 is 5.60 Å². The van der Waals surface area contributed by atoms with Crippen LogP contribution in [0.3, 0.4) is 0 Å². The fraction of sp³-hybridized carbons (Fsp3) is 1.00. The summed E-state index contributed by atoms with van der Waals surface area (Å²) in [7, 11) is 3.02. The van der Waals surface area contributed by atoms with Crippen molar-refractivity contribution in [3.05, 3.63) is 0 Å². The van der Waals surface area contributed by atoms with Gasteiger partial charge in [-0.25, -0.2) is 0 Å². The van der Waals surface area contributed by atoms with Gasteiger partial charge in [0.2, 0.25) is 0 Å². The summed E-state index contributed by atoms with van der Waals surface area (Å²) in [5, 5.41) is 11.4. The van der Waals surface area contributed by atoms with Crippen molar-refractivity contribution >= 4 is 17.4 Å². The number of hydrogen-bond donors (Lipinski definition) is 1. The Labute approximate surface area is 119 Å². The van der Waals surface area contributed by atoms with E-state index in [1.807, 2.05) is 0 Å². The molecule has 19 heavy (non-hydrogen) atoms. The first-order valence-corrected chi connectivity index (χ1v) is 10.1. The minimum absolute atomic E-state index is 0.0543. The topological polar surface area (TPSA) is 42.0 Å². The molecule has 8 atom stereocenters. The van der Waals surface area contributed by atoms with Crippen LogP contribution in [0, 0.1) is 16.7 Å². The molecule has 8 unspecified atom stereocenters. The summed E-state index contributed by atoms with van der Waals surface area (Å²) in [6.45, 7) is 7.07. The van der Waals surface area contributed by atoms with Gasteiger partial charge < -0.3 is 14.4 Å². The van der Waals surface area contributed by atoms with Crippen molar-refractivity contribution in [2.45, 2.75) is 69.9 Å². The molecule has 0 amide bonds. The predicted octanol–water partition coefficient (Wildman–Crippen LogP) is 2.87. The maximum Gasteiger partial charge on any atom is 0.132 e. The average Bonchev–Trinajstić information content (AvgIpc) is 2.98. The van der Waals surface area contributed by atoms with Crippen molar-refractivity contribution in [1.82, 2.24) is 0 Å². The lowest BCUT2D eigenvalue weighted by molar-refractivity contribution is -0.222. The zero-order valence-electron chi connectivity index (χ0n) is 11.9. The van der Waals surface area contributed by atoms with Gasteiger partial charge in [0.25, 0.3) is 0 Å². The van der Waals surface area contributed by atoms with Gasteiger partial charge in [-0.2, -0.15) is 0 Å². The van der Waals surface area contributed by atoms with Crippen LogP contribution in [-0.2, 0) is 9.26 Å². The third kappa shape index (κ3) is 1.14. The molecule has 3 saturated carbocycles. The Bertz CT molecular complexity index is 442. The highest BCUT2D eigenvalue weighted by Crippen LogP contribution is 2.79. The van der Waals surface area contributed by atoms with Gasteiger partial charge in [-0.15, -0.1) is 0 Å². The Balaban J connectivity index is 1.89. The number of hydrogen-bond acceptors (Lipinski definition) is 3. The van der Waals surface area contributed by atoms with Gasteiger partial charge in [0, 0.05) is 13.9 Å². The van der Waals surface area contributed by atoms with Crippen molar-refractivity contribution in [2.75, 3.05) is 0 Å². The van der Waals surface area contributed by atoms with Gasteiger partial charge in [-0.3, -0.25) is 0 Å². The van der Waals surface area contributed by atoms with Crippen LogP contribution in [0.4, 0.5) is 0 Å². The first-order chi connectivity index (χ1) is 8.85. The first kappa shape index (κ1) is 13.4. The van der Waals surface area contributed by atoms with Gasteiger partial charge in [0.1, 0.15) is 11.2 Å². The maximum absolute atomic E-state index is 11.4. The van der Waals surface area contributed by atoms with Crippen LogP contribution >= 0.6 is 17.4 Å². The van der Waals surface area contributed by atoms with Crippen LogP contribution in [0.25, 0.3) is 0 Å². The van der Waals surface area contributed by atoms with Gasteiger partial charge in [0.05, 0.1) is 12.2 Å². The number of ether oxygens (including phenoxy) is 1. The van der Waals surface area contributed by atoms with Gasteiger partial charge in [0.15, 0.2) is 0 Å². The van der Waals surface area contributed by atoms with Crippen LogP contribution in [-0.4, -0.2) is 28.5 Å². The van der Waals surface area contributed by atoms with E-state index in [0.717, 1.165) is 25.7 Å². The number of fused-ring (bicyclic) bond motifs is 2. The molecule has 4 aliphatic rings. The molecule has 4 fully saturated rings. The molecule has 108 valence electrons. The van der Waals surface area contributed by atoms with Gasteiger partial charge in [-0.05, 0) is 37.0 Å². The van der Waals surface area contributed by atoms with E-state index in [4.69, 9.17) is 9.26 Å². The minimum atomic E-state index is -0.757. The summed E-state index contributed by atoms with van der Waals surface area (Å²) >= 11 is 0. The van der Waals surface area contributed by atoms with Crippen molar-refractivity contribution < 1.29 is 14.4 Å². The van der Waals surface area contributed by atoms with Crippen LogP contribution in [0.1, 0.15) is 46.5 Å². The highest BCUT2D eigenvalue weighted by molar-refractivity contribution is 8.00. The highest BCUT2D eigenvalue weighted by Gasteiger charge is 2.88. The van der Waals surface area contributed by atoms with Gasteiger partial charge in [-0.1, -0.05) is 29.7 Å². The molecular weight excluding hydrogens is 278 g/mol. The Morgan fingerprint density at radius 3 is 2.63 bits per heavy atom. The molecule has 4 rings (SSSR count). The van der Waals surface area contributed by atoms with E-state index in [2.05, 4.69) is 29.7 Å². The zero-order chi connectivity index (χ0) is 13.7. The summed E-state index contributed by atoms with van der Waals surface area (Å²) in [4.78, 5) is 0. The lowest BCUT2D eigenvalue weighted by atomic mass is 9.49. The molecule has 2 bridgehead atoms. The Morgan fingerprint density at radius 1 is 1.26 bits per heavy atom. The molecule has 1 N–H and O–H groups in total. The van der Waals surface area contributed by atoms with Crippen LogP contribution in [0.15, 0.2) is 0 Å². The fourth-order valence-corrected chi connectivity index (χ4v) is 6.95. The lowest BCUT2D eigenvalue weighted by Crippen LogP contribution is -2.69. The number of epoxide rings is 1. The second-order valence-electron chi connectivity index (χ2n) is 7.66. The molecule has 1 aliphatic heterocycles. The summed E-state index contributed by atoms with van der Waals surface area (Å²) in [5.41, 5.74) is -0.824. The van der Waals surface area contributed by atoms with Crippen molar-refractivity contribution in [3.63, 3.8) is 0 Å². The molecule has 0 radical (unpaired) electrons. The zero-order valence-corrected chi connectivity index (χ0v) is 14.1. The van der Waals surface area contributed by atoms with Crippen molar-refractivity contribution in [1.29, 1.82) is 0 Å². The van der Waals surface area contributed by atoms with E-state index in [1.54, 1.807) is 0 Å². The average molecular weight is 302 g/mol. The SMILES string of the molecule is CC1(C)C2CCC1(C)C13OC1CCC3(O)C2OPP. The molecule has 0 aromatic carbocycles. The van der Waals surface area contributed by atoms with E-state index in [9.17, 15) is 5.11 Å². The molecular formula is C14H24O3P2. The molecule has 3 nitrogen and oxygen atoms in total. The van der Waals surface area contributed by atoms with Crippen LogP contribution < -0.4 is 0 Å². The smallest absolute Gasteiger partial charge is 0.132 e. The quantitative estimate of drug-likeness (QED) is 0.630. The van der Waals surface area contributed by atoms with Crippen molar-refractivity contribution in [3.8, 4) is 0 Å². The van der Waals surface area contributed by atoms with E-state index in [-0.39, 0.29) is 28.6 Å². The Hall–Kier alpha value is 0.740. The third-order valence-corrected chi connectivity index (χ3v) is 8.11. The molecule has 0 aromatic rings. The Kier molecular flexibility index (Phi) is 2.51. The summed E-state index contributed by atoms with van der Waals surface area (Å²) < 4.78 is 12.2. The number of rotatable bonds is 2. The monoisotopic (exact) mass is 302 g/mol. The van der Waals surface area contributed by atoms with Gasteiger partial charge >= 0.3 is 0 Å². The number of aliphatic hydroxyl groups is 1. The molecule has 5 heteroatoms. The standard InChI is InChI=1S/C14H24O3P2/c1-11(2)8-4-6-12(11,3)14-9(16-14)5-7-13(14,15)10(8)17-19-18/h8-10,15,19H,4-7,18H2,1-3H3.